The van der Waals surface area contributed by atoms with Crippen LogP contribution in [-0.4, -0.2) is 50.3 Å². The minimum atomic E-state index is -0.341. The largest absolute Gasteiger partial charge is 0.340 e. The zero-order valence-electron chi connectivity index (χ0n) is 28.8. The van der Waals surface area contributed by atoms with E-state index in [0.717, 1.165) is 28.3 Å². The Labute approximate surface area is 287 Å². The first-order valence-electron chi connectivity index (χ1n) is 16.0. The summed E-state index contributed by atoms with van der Waals surface area (Å²) in [5, 5.41) is 10.4. The summed E-state index contributed by atoms with van der Waals surface area (Å²) in [5.41, 5.74) is 4.67. The molecule has 1 aliphatic heterocycles. The lowest BCUT2D eigenvalue weighted by Crippen LogP contribution is -2.34. The standard InChI is InChI=1S/C29H25FN8OS.2C2H6.2C2H4/c1-3-23-27(36(2)29-35-26(24(14-31)40-29)18-4-7-21(30)8-5-18)38-17-19(6-9-25(38)34-23)20-15-32-28(33-16-20)37-12-10-22(39)11-13-37;4*1-2/h4-9,15-17H,3,10-13H2,1-2H3;2*1-2H3;2*1-2H2. The first-order valence-corrected chi connectivity index (χ1v) is 16.8. The van der Waals surface area contributed by atoms with Crippen molar-refractivity contribution in [3.05, 3.63) is 97.7 Å². The lowest BCUT2D eigenvalue weighted by atomic mass is 10.1. The normalized spacial score (nSPS) is 11.7. The van der Waals surface area contributed by atoms with Crippen molar-refractivity contribution in [3.8, 4) is 28.5 Å². The quantitative estimate of drug-likeness (QED) is 0.165. The highest BCUT2D eigenvalue weighted by Gasteiger charge is 2.23. The van der Waals surface area contributed by atoms with E-state index >= 15 is 0 Å². The number of ketones is 1. The number of halogens is 1. The van der Waals surface area contributed by atoms with Gasteiger partial charge in [0.05, 0.1) is 5.69 Å². The zero-order valence-corrected chi connectivity index (χ0v) is 29.6. The summed E-state index contributed by atoms with van der Waals surface area (Å²) in [6, 6.07) is 12.2. The number of nitrogens with zero attached hydrogens (tertiary/aromatic N) is 8. The highest BCUT2D eigenvalue weighted by molar-refractivity contribution is 7.16. The molecule has 6 rings (SSSR count). The fourth-order valence-electron chi connectivity index (χ4n) is 4.86. The Balaban J connectivity index is 0.000000933. The number of piperidine rings is 1. The smallest absolute Gasteiger partial charge is 0.225 e. The lowest BCUT2D eigenvalue weighted by molar-refractivity contribution is -0.119. The van der Waals surface area contributed by atoms with Gasteiger partial charge in [0.15, 0.2) is 5.13 Å². The number of carbonyl (C=O) groups excluding carboxylic acids is 1. The minimum Gasteiger partial charge on any atom is -0.340 e. The van der Waals surface area contributed by atoms with Crippen LogP contribution in [0.3, 0.4) is 0 Å². The number of aryl methyl sites for hydroxylation is 1. The molecule has 1 aromatic carbocycles. The van der Waals surface area contributed by atoms with Crippen LogP contribution in [0, 0.1) is 17.1 Å². The van der Waals surface area contributed by atoms with E-state index in [4.69, 9.17) is 9.97 Å². The third-order valence-electron chi connectivity index (χ3n) is 7.01. The number of benzene rings is 1. The van der Waals surface area contributed by atoms with Gasteiger partial charge in [0.2, 0.25) is 5.95 Å². The van der Waals surface area contributed by atoms with Crippen LogP contribution in [0.2, 0.25) is 0 Å². The van der Waals surface area contributed by atoms with E-state index in [2.05, 4.69) is 42.4 Å². The second kappa shape index (κ2) is 19.5. The molecular weight excluding hydrogens is 624 g/mol. The van der Waals surface area contributed by atoms with Crippen molar-refractivity contribution in [2.45, 2.75) is 53.9 Å². The van der Waals surface area contributed by atoms with Gasteiger partial charge in [-0.3, -0.25) is 9.20 Å². The third kappa shape index (κ3) is 8.77. The zero-order chi connectivity index (χ0) is 35.8. The number of Topliss-reactive ketones (excluding diaryl/α,β-unsaturated/α-hetero) is 1. The summed E-state index contributed by atoms with van der Waals surface area (Å²) >= 11 is 1.28. The Hall–Kier alpha value is -5.21. The average Bonchev–Trinajstić information content (AvgIpc) is 3.77. The second-order valence-electron chi connectivity index (χ2n) is 9.53. The van der Waals surface area contributed by atoms with Crippen molar-refractivity contribution in [2.75, 3.05) is 29.9 Å². The maximum absolute atomic E-state index is 13.5. The molecule has 1 aliphatic rings. The van der Waals surface area contributed by atoms with Crippen molar-refractivity contribution in [1.82, 2.24) is 24.3 Å². The highest BCUT2D eigenvalue weighted by atomic mass is 32.1. The van der Waals surface area contributed by atoms with Gasteiger partial charge in [0, 0.05) is 68.3 Å². The molecule has 0 atom stereocenters. The van der Waals surface area contributed by atoms with E-state index in [0.29, 0.717) is 59.6 Å². The van der Waals surface area contributed by atoms with Gasteiger partial charge in [-0.1, -0.05) is 46.0 Å². The van der Waals surface area contributed by atoms with E-state index in [1.165, 1.54) is 23.5 Å². The summed E-state index contributed by atoms with van der Waals surface area (Å²) in [7, 11) is 1.91. The SMILES string of the molecule is C=C.C=C.CC.CC.CCc1nc2ccc(-c3cnc(N4CCC(=O)CC4)nc3)cn2c1N(C)c1nc(-c2ccc(F)cc2)c(C#N)s1. The van der Waals surface area contributed by atoms with Crippen molar-refractivity contribution >= 4 is 39.7 Å². The van der Waals surface area contributed by atoms with Crippen LogP contribution in [-0.2, 0) is 11.2 Å². The molecule has 0 bridgehead atoms. The van der Waals surface area contributed by atoms with Crippen molar-refractivity contribution in [3.63, 3.8) is 0 Å². The summed E-state index contributed by atoms with van der Waals surface area (Å²) in [6.45, 7) is 23.3. The number of hydrogen-bond acceptors (Lipinski definition) is 9. The Morgan fingerprint density at radius 2 is 1.50 bits per heavy atom. The fourth-order valence-corrected chi connectivity index (χ4v) is 5.70. The fraction of sp³-hybridized carbons (Fsp3) is 0.297. The summed E-state index contributed by atoms with van der Waals surface area (Å²) in [4.78, 5) is 34.8. The number of rotatable bonds is 6. The lowest BCUT2D eigenvalue weighted by Gasteiger charge is -2.25. The monoisotopic (exact) mass is 668 g/mol. The third-order valence-corrected chi connectivity index (χ3v) is 8.05. The van der Waals surface area contributed by atoms with Crippen LogP contribution in [0.5, 0.6) is 0 Å². The Morgan fingerprint density at radius 1 is 0.917 bits per heavy atom. The topological polar surface area (TPSA) is 103 Å². The number of anilines is 3. The Kier molecular flexibility index (Phi) is 15.8. The number of pyridine rings is 1. The van der Waals surface area contributed by atoms with Gasteiger partial charge in [0.25, 0.3) is 0 Å². The average molecular weight is 669 g/mol. The van der Waals surface area contributed by atoms with Gasteiger partial charge in [-0.2, -0.15) is 5.26 Å². The van der Waals surface area contributed by atoms with E-state index in [1.807, 2.05) is 74.2 Å². The van der Waals surface area contributed by atoms with E-state index in [1.54, 1.807) is 24.5 Å². The van der Waals surface area contributed by atoms with Gasteiger partial charge in [-0.25, -0.2) is 24.3 Å². The molecule has 9 nitrogen and oxygen atoms in total. The summed E-state index contributed by atoms with van der Waals surface area (Å²) in [6.07, 6.45) is 7.36. The number of nitriles is 1. The van der Waals surface area contributed by atoms with Gasteiger partial charge in [-0.15, -0.1) is 26.3 Å². The van der Waals surface area contributed by atoms with Crippen LogP contribution < -0.4 is 9.80 Å². The molecule has 0 spiro atoms. The molecule has 0 unspecified atom stereocenters. The molecule has 0 saturated carbocycles. The molecule has 4 aromatic heterocycles. The highest BCUT2D eigenvalue weighted by Crippen LogP contribution is 2.37. The molecular formula is C37H45FN8OS. The van der Waals surface area contributed by atoms with E-state index < -0.39 is 0 Å². The Bertz CT molecular complexity index is 1780. The predicted molar refractivity (Wildman–Crippen MR) is 198 cm³/mol. The number of fused-ring (bicyclic) bond motifs is 1. The van der Waals surface area contributed by atoms with Gasteiger partial charge in [0.1, 0.15) is 39.7 Å². The molecule has 11 heteroatoms. The molecule has 0 aliphatic carbocycles. The molecule has 5 aromatic rings. The van der Waals surface area contributed by atoms with Crippen LogP contribution >= 0.6 is 11.3 Å². The molecule has 48 heavy (non-hydrogen) atoms. The van der Waals surface area contributed by atoms with Crippen LogP contribution in [0.25, 0.3) is 28.0 Å². The minimum absolute atomic E-state index is 0.280. The van der Waals surface area contributed by atoms with Crippen molar-refractivity contribution in [1.29, 1.82) is 5.26 Å². The van der Waals surface area contributed by atoms with Gasteiger partial charge in [-0.05, 0) is 42.8 Å². The molecule has 0 radical (unpaired) electrons. The second-order valence-corrected chi connectivity index (χ2v) is 10.5. The van der Waals surface area contributed by atoms with Crippen LogP contribution in [0.4, 0.5) is 21.3 Å². The molecule has 0 N–H and O–H groups in total. The maximum atomic E-state index is 13.5. The van der Waals surface area contributed by atoms with Crippen molar-refractivity contribution in [2.24, 2.45) is 0 Å². The maximum Gasteiger partial charge on any atom is 0.225 e. The number of carbonyl (C=O) groups is 1. The number of aromatic nitrogens is 5. The first kappa shape index (κ1) is 39.0. The molecule has 1 saturated heterocycles. The molecule has 5 heterocycles. The van der Waals surface area contributed by atoms with Gasteiger partial charge >= 0.3 is 0 Å². The van der Waals surface area contributed by atoms with Crippen molar-refractivity contribution < 1.29 is 9.18 Å². The Morgan fingerprint density at radius 3 is 2.06 bits per heavy atom. The van der Waals surface area contributed by atoms with E-state index in [-0.39, 0.29) is 11.6 Å². The first-order chi connectivity index (χ1) is 23.4. The van der Waals surface area contributed by atoms with Crippen LogP contribution in [0.1, 0.15) is 58.0 Å². The summed E-state index contributed by atoms with van der Waals surface area (Å²) in [5.74, 6) is 1.41. The molecule has 252 valence electrons. The van der Waals surface area contributed by atoms with E-state index in [9.17, 15) is 14.4 Å². The number of hydrogen-bond donors (Lipinski definition) is 0. The van der Waals surface area contributed by atoms with Gasteiger partial charge < -0.3 is 9.80 Å². The number of thiazole rings is 1. The molecule has 0 amide bonds. The molecule has 1 fully saturated rings. The van der Waals surface area contributed by atoms with Crippen LogP contribution in [0.15, 0.2) is 81.3 Å². The number of imidazole rings is 1. The summed E-state index contributed by atoms with van der Waals surface area (Å²) < 4.78 is 15.5. The predicted octanol–water partition coefficient (Wildman–Crippen LogP) is 9.08.